The van der Waals surface area contributed by atoms with E-state index < -0.39 is 0 Å². The van der Waals surface area contributed by atoms with Crippen molar-refractivity contribution in [1.82, 2.24) is 5.32 Å². The third-order valence-corrected chi connectivity index (χ3v) is 3.68. The first-order valence-electron chi connectivity index (χ1n) is 5.43. The molecule has 0 radical (unpaired) electrons. The van der Waals surface area contributed by atoms with E-state index >= 15 is 0 Å². The average Bonchev–Trinajstić information content (AvgIpc) is 2.55. The first-order valence-corrected chi connectivity index (χ1v) is 5.43. The monoisotopic (exact) mass is 167 g/mol. The van der Waals surface area contributed by atoms with Crippen LogP contribution in [0.25, 0.3) is 0 Å². The topological polar surface area (TPSA) is 12.0 Å². The molecule has 2 fully saturated rings. The summed E-state index contributed by atoms with van der Waals surface area (Å²) in [4.78, 5) is 0. The summed E-state index contributed by atoms with van der Waals surface area (Å²) < 4.78 is 0. The average molecular weight is 167 g/mol. The molecule has 1 N–H and O–H groups in total. The van der Waals surface area contributed by atoms with Crippen LogP contribution in [0.1, 0.15) is 40.0 Å². The van der Waals surface area contributed by atoms with E-state index in [0.29, 0.717) is 0 Å². The van der Waals surface area contributed by atoms with Crippen molar-refractivity contribution in [2.24, 2.45) is 17.8 Å². The first-order chi connectivity index (χ1) is 5.66. The molecule has 2 rings (SSSR count). The molecule has 0 aromatic rings. The predicted molar refractivity (Wildman–Crippen MR) is 52.1 cm³/mol. The van der Waals surface area contributed by atoms with Crippen molar-refractivity contribution < 1.29 is 0 Å². The fraction of sp³-hybridized carbons (Fsp3) is 1.00. The molecule has 2 aliphatic rings. The molecule has 2 saturated carbocycles. The van der Waals surface area contributed by atoms with Crippen molar-refractivity contribution in [2.75, 3.05) is 0 Å². The molecule has 0 amide bonds. The van der Waals surface area contributed by atoms with E-state index in [0.717, 1.165) is 29.8 Å². The highest BCUT2D eigenvalue weighted by Gasteiger charge is 2.38. The molecule has 0 aromatic heterocycles. The molecule has 0 saturated heterocycles. The SMILES string of the molecule is CC(C)C1CC(NC2CC2C)C1. The van der Waals surface area contributed by atoms with Gasteiger partial charge in [0, 0.05) is 12.1 Å². The lowest BCUT2D eigenvalue weighted by atomic mass is 9.73. The highest BCUT2D eigenvalue weighted by atomic mass is 15.0. The van der Waals surface area contributed by atoms with Gasteiger partial charge in [0.25, 0.3) is 0 Å². The lowest BCUT2D eigenvalue weighted by Crippen LogP contribution is -2.44. The van der Waals surface area contributed by atoms with E-state index in [4.69, 9.17) is 0 Å². The molecule has 0 heterocycles. The summed E-state index contributed by atoms with van der Waals surface area (Å²) in [5.74, 6) is 2.87. The fourth-order valence-electron chi connectivity index (χ4n) is 2.20. The van der Waals surface area contributed by atoms with Crippen LogP contribution in [0.2, 0.25) is 0 Å². The van der Waals surface area contributed by atoms with Crippen LogP contribution in [-0.4, -0.2) is 12.1 Å². The second-order valence-electron chi connectivity index (χ2n) is 5.16. The smallest absolute Gasteiger partial charge is 0.00989 e. The molecule has 2 unspecified atom stereocenters. The van der Waals surface area contributed by atoms with Crippen LogP contribution in [0.3, 0.4) is 0 Å². The summed E-state index contributed by atoms with van der Waals surface area (Å²) in [5.41, 5.74) is 0. The molecular formula is C11H21N. The Morgan fingerprint density at radius 3 is 2.17 bits per heavy atom. The summed E-state index contributed by atoms with van der Waals surface area (Å²) in [6.07, 6.45) is 4.28. The van der Waals surface area contributed by atoms with Crippen LogP contribution in [0.5, 0.6) is 0 Å². The Morgan fingerprint density at radius 1 is 1.17 bits per heavy atom. The van der Waals surface area contributed by atoms with Crippen LogP contribution < -0.4 is 5.32 Å². The Bertz CT molecular complexity index is 158. The Morgan fingerprint density at radius 2 is 1.75 bits per heavy atom. The molecule has 0 bridgehead atoms. The molecular weight excluding hydrogens is 146 g/mol. The molecule has 2 atom stereocenters. The minimum absolute atomic E-state index is 0.868. The zero-order valence-electron chi connectivity index (χ0n) is 8.51. The largest absolute Gasteiger partial charge is 0.311 e. The van der Waals surface area contributed by atoms with Gasteiger partial charge in [0.05, 0.1) is 0 Å². The molecule has 12 heavy (non-hydrogen) atoms. The van der Waals surface area contributed by atoms with Gasteiger partial charge in [0.2, 0.25) is 0 Å². The maximum atomic E-state index is 3.72. The van der Waals surface area contributed by atoms with Crippen molar-refractivity contribution in [3.8, 4) is 0 Å². The van der Waals surface area contributed by atoms with Gasteiger partial charge in [-0.3, -0.25) is 0 Å². The summed E-state index contributed by atoms with van der Waals surface area (Å²) in [6, 6.07) is 1.75. The van der Waals surface area contributed by atoms with Crippen LogP contribution >= 0.6 is 0 Å². The number of hydrogen-bond acceptors (Lipinski definition) is 1. The Hall–Kier alpha value is -0.0400. The summed E-state index contributed by atoms with van der Waals surface area (Å²) in [7, 11) is 0. The second-order valence-corrected chi connectivity index (χ2v) is 5.16. The van der Waals surface area contributed by atoms with Gasteiger partial charge in [0.15, 0.2) is 0 Å². The summed E-state index contributed by atoms with van der Waals surface area (Å²) in [5, 5.41) is 3.72. The van der Waals surface area contributed by atoms with Gasteiger partial charge in [-0.2, -0.15) is 0 Å². The van der Waals surface area contributed by atoms with Gasteiger partial charge in [-0.25, -0.2) is 0 Å². The van der Waals surface area contributed by atoms with E-state index in [-0.39, 0.29) is 0 Å². The lowest BCUT2D eigenvalue weighted by molar-refractivity contribution is 0.166. The molecule has 70 valence electrons. The molecule has 2 aliphatic carbocycles. The van der Waals surface area contributed by atoms with Crippen molar-refractivity contribution in [1.29, 1.82) is 0 Å². The van der Waals surface area contributed by atoms with Crippen LogP contribution in [0, 0.1) is 17.8 Å². The summed E-state index contributed by atoms with van der Waals surface area (Å²) in [6.45, 7) is 7.04. The van der Waals surface area contributed by atoms with Crippen molar-refractivity contribution in [3.05, 3.63) is 0 Å². The first kappa shape index (κ1) is 8.55. The van der Waals surface area contributed by atoms with E-state index in [9.17, 15) is 0 Å². The third-order valence-electron chi connectivity index (χ3n) is 3.68. The van der Waals surface area contributed by atoms with E-state index in [2.05, 4.69) is 26.1 Å². The number of hydrogen-bond donors (Lipinski definition) is 1. The van der Waals surface area contributed by atoms with Gasteiger partial charge in [0.1, 0.15) is 0 Å². The minimum Gasteiger partial charge on any atom is -0.311 e. The lowest BCUT2D eigenvalue weighted by Gasteiger charge is -2.38. The summed E-state index contributed by atoms with van der Waals surface area (Å²) >= 11 is 0. The third kappa shape index (κ3) is 1.66. The Labute approximate surface area is 75.9 Å². The van der Waals surface area contributed by atoms with E-state index in [1.807, 2.05) is 0 Å². The Kier molecular flexibility index (Phi) is 2.16. The maximum absolute atomic E-state index is 3.72. The van der Waals surface area contributed by atoms with Gasteiger partial charge in [-0.05, 0) is 37.0 Å². The van der Waals surface area contributed by atoms with Crippen LogP contribution in [0.15, 0.2) is 0 Å². The van der Waals surface area contributed by atoms with Crippen LogP contribution in [0.4, 0.5) is 0 Å². The number of nitrogens with one attached hydrogen (secondary N) is 1. The normalized spacial score (nSPS) is 46.0. The molecule has 1 nitrogen and oxygen atoms in total. The Balaban J connectivity index is 1.62. The fourth-order valence-corrected chi connectivity index (χ4v) is 2.20. The quantitative estimate of drug-likeness (QED) is 0.680. The standard InChI is InChI=1S/C11H21N/c1-7(2)9-5-10(6-9)12-11-4-8(11)3/h7-12H,4-6H2,1-3H3. The maximum Gasteiger partial charge on any atom is 0.00989 e. The van der Waals surface area contributed by atoms with Crippen LogP contribution in [-0.2, 0) is 0 Å². The molecule has 1 heteroatoms. The second kappa shape index (κ2) is 3.02. The van der Waals surface area contributed by atoms with E-state index in [1.54, 1.807) is 0 Å². The van der Waals surface area contributed by atoms with Gasteiger partial charge in [-0.15, -0.1) is 0 Å². The van der Waals surface area contributed by atoms with Gasteiger partial charge in [-0.1, -0.05) is 20.8 Å². The molecule has 0 aliphatic heterocycles. The zero-order chi connectivity index (χ0) is 8.72. The zero-order valence-corrected chi connectivity index (χ0v) is 8.51. The predicted octanol–water partition coefficient (Wildman–Crippen LogP) is 2.42. The van der Waals surface area contributed by atoms with E-state index in [1.165, 1.54) is 19.3 Å². The molecule has 0 spiro atoms. The highest BCUT2D eigenvalue weighted by molar-refractivity contribution is 4.96. The van der Waals surface area contributed by atoms with Crippen molar-refractivity contribution in [2.45, 2.75) is 52.1 Å². The molecule has 0 aromatic carbocycles. The highest BCUT2D eigenvalue weighted by Crippen LogP contribution is 2.37. The van der Waals surface area contributed by atoms with Gasteiger partial charge < -0.3 is 5.32 Å². The van der Waals surface area contributed by atoms with Crippen molar-refractivity contribution in [3.63, 3.8) is 0 Å². The minimum atomic E-state index is 0.868. The van der Waals surface area contributed by atoms with Gasteiger partial charge >= 0.3 is 0 Å². The number of rotatable bonds is 3. The van der Waals surface area contributed by atoms with Crippen molar-refractivity contribution >= 4 is 0 Å².